The first kappa shape index (κ1) is 25.4. The van der Waals surface area contributed by atoms with Gasteiger partial charge in [0.05, 0.1) is 6.10 Å². The summed E-state index contributed by atoms with van der Waals surface area (Å²) in [6.45, 7) is 9.54. The Bertz CT molecular complexity index is 412. The molecule has 5 heteroatoms. The number of esters is 1. The van der Waals surface area contributed by atoms with Gasteiger partial charge in [0.25, 0.3) is 0 Å². The van der Waals surface area contributed by atoms with Gasteiger partial charge in [-0.15, -0.1) is 0 Å². The number of aliphatic hydroxyl groups excluding tert-OH is 2. The van der Waals surface area contributed by atoms with Crippen LogP contribution in [0.5, 0.6) is 0 Å². The van der Waals surface area contributed by atoms with E-state index in [9.17, 15) is 15.0 Å². The fraction of sp³-hybridized carbons (Fsp3) is 0.957. The molecule has 5 atom stereocenters. The van der Waals surface area contributed by atoms with Crippen LogP contribution in [-0.2, 0) is 14.3 Å². The molecular weight excluding hydrogens is 356 g/mol. The van der Waals surface area contributed by atoms with E-state index in [1.807, 2.05) is 0 Å². The Morgan fingerprint density at radius 2 is 1.57 bits per heavy atom. The first-order valence-electron chi connectivity index (χ1n) is 11.4. The molecule has 0 aromatic heterocycles. The monoisotopic (exact) mass is 400 g/mol. The number of carbonyl (C=O) groups is 1. The Labute approximate surface area is 172 Å². The molecule has 0 radical (unpaired) electrons. The molecule has 2 N–H and O–H groups in total. The second kappa shape index (κ2) is 14.4. The maximum absolute atomic E-state index is 11.8. The zero-order chi connectivity index (χ0) is 20.9. The molecular formula is C23H44O5. The lowest BCUT2D eigenvalue weighted by Gasteiger charge is -2.20. The van der Waals surface area contributed by atoms with Crippen LogP contribution in [0.1, 0.15) is 91.9 Å². The zero-order valence-electron chi connectivity index (χ0n) is 18.6. The molecule has 1 aliphatic rings. The minimum atomic E-state index is -0.956. The SMILES string of the molecule is CC(C)CCCC(C)CCCC(C)CCCC(=O)OC[C@@H](O)C1OCC[C@H]1O. The smallest absolute Gasteiger partial charge is 0.305 e. The van der Waals surface area contributed by atoms with Crippen LogP contribution in [0.2, 0.25) is 0 Å². The molecule has 166 valence electrons. The standard InChI is InChI=1S/C23H44O5/c1-17(2)8-5-9-18(3)10-6-11-19(4)12-7-13-22(26)28-16-21(25)23-20(24)14-15-27-23/h17-21,23-25H,5-16H2,1-4H3/t18?,19?,20-,21-,23?/m1/s1. The summed E-state index contributed by atoms with van der Waals surface area (Å²) in [6, 6.07) is 0. The van der Waals surface area contributed by atoms with Gasteiger partial charge < -0.3 is 19.7 Å². The fourth-order valence-corrected chi connectivity index (χ4v) is 3.89. The second-order valence-corrected chi connectivity index (χ2v) is 9.30. The molecule has 1 aliphatic heterocycles. The Balaban J connectivity index is 2.01. The highest BCUT2D eigenvalue weighted by atomic mass is 16.6. The summed E-state index contributed by atoms with van der Waals surface area (Å²) in [5.74, 6) is 1.97. The zero-order valence-corrected chi connectivity index (χ0v) is 18.6. The van der Waals surface area contributed by atoms with Crippen LogP contribution in [0.15, 0.2) is 0 Å². The number of rotatable bonds is 15. The molecule has 0 amide bonds. The Kier molecular flexibility index (Phi) is 13.0. The van der Waals surface area contributed by atoms with Gasteiger partial charge in [0.2, 0.25) is 0 Å². The molecule has 1 rings (SSSR count). The molecule has 0 spiro atoms. The third-order valence-corrected chi connectivity index (χ3v) is 5.85. The van der Waals surface area contributed by atoms with Crippen molar-refractivity contribution < 1.29 is 24.5 Å². The van der Waals surface area contributed by atoms with E-state index < -0.39 is 18.3 Å². The van der Waals surface area contributed by atoms with Gasteiger partial charge in [-0.2, -0.15) is 0 Å². The summed E-state index contributed by atoms with van der Waals surface area (Å²) < 4.78 is 10.4. The number of carbonyl (C=O) groups excluding carboxylic acids is 1. The second-order valence-electron chi connectivity index (χ2n) is 9.30. The first-order valence-corrected chi connectivity index (χ1v) is 11.4. The maximum atomic E-state index is 11.8. The highest BCUT2D eigenvalue weighted by molar-refractivity contribution is 5.69. The van der Waals surface area contributed by atoms with Crippen LogP contribution in [0, 0.1) is 17.8 Å². The van der Waals surface area contributed by atoms with Crippen molar-refractivity contribution in [2.45, 2.75) is 110 Å². The normalized spacial score (nSPS) is 23.0. The van der Waals surface area contributed by atoms with Gasteiger partial charge in [0.1, 0.15) is 18.8 Å². The summed E-state index contributed by atoms with van der Waals surface area (Å²) in [5, 5.41) is 19.6. The van der Waals surface area contributed by atoms with Gasteiger partial charge >= 0.3 is 5.97 Å². The van der Waals surface area contributed by atoms with Crippen molar-refractivity contribution in [2.24, 2.45) is 17.8 Å². The molecule has 1 saturated heterocycles. The van der Waals surface area contributed by atoms with E-state index >= 15 is 0 Å². The average molecular weight is 401 g/mol. The average Bonchev–Trinajstić information content (AvgIpc) is 3.05. The Morgan fingerprint density at radius 1 is 1.00 bits per heavy atom. The van der Waals surface area contributed by atoms with E-state index in [2.05, 4.69) is 27.7 Å². The van der Waals surface area contributed by atoms with E-state index in [1.54, 1.807) is 0 Å². The van der Waals surface area contributed by atoms with Gasteiger partial charge in [-0.1, -0.05) is 72.6 Å². The van der Waals surface area contributed by atoms with Crippen molar-refractivity contribution in [1.82, 2.24) is 0 Å². The van der Waals surface area contributed by atoms with Gasteiger partial charge in [0.15, 0.2) is 0 Å². The fourth-order valence-electron chi connectivity index (χ4n) is 3.89. The summed E-state index contributed by atoms with van der Waals surface area (Å²) in [4.78, 5) is 11.8. The summed E-state index contributed by atoms with van der Waals surface area (Å²) in [7, 11) is 0. The van der Waals surface area contributed by atoms with E-state index in [0.29, 0.717) is 25.4 Å². The van der Waals surface area contributed by atoms with E-state index in [4.69, 9.17) is 9.47 Å². The topological polar surface area (TPSA) is 76.0 Å². The predicted octanol–water partition coefficient (Wildman–Crippen LogP) is 4.48. The quantitative estimate of drug-likeness (QED) is 0.396. The van der Waals surface area contributed by atoms with Crippen molar-refractivity contribution in [3.8, 4) is 0 Å². The Morgan fingerprint density at radius 3 is 2.11 bits per heavy atom. The molecule has 28 heavy (non-hydrogen) atoms. The van der Waals surface area contributed by atoms with Crippen molar-refractivity contribution in [3.05, 3.63) is 0 Å². The summed E-state index contributed by atoms with van der Waals surface area (Å²) >= 11 is 0. The van der Waals surface area contributed by atoms with Crippen molar-refractivity contribution in [2.75, 3.05) is 13.2 Å². The molecule has 3 unspecified atom stereocenters. The number of hydrogen-bond donors (Lipinski definition) is 2. The third kappa shape index (κ3) is 11.4. The molecule has 0 aliphatic carbocycles. The lowest BCUT2D eigenvalue weighted by molar-refractivity contribution is -0.151. The predicted molar refractivity (Wildman–Crippen MR) is 112 cm³/mol. The van der Waals surface area contributed by atoms with Gasteiger partial charge in [-0.25, -0.2) is 0 Å². The molecule has 0 aromatic rings. The highest BCUT2D eigenvalue weighted by Crippen LogP contribution is 2.21. The maximum Gasteiger partial charge on any atom is 0.305 e. The minimum absolute atomic E-state index is 0.106. The van der Waals surface area contributed by atoms with Gasteiger partial charge in [0, 0.05) is 13.0 Å². The van der Waals surface area contributed by atoms with Gasteiger partial charge in [-0.05, 0) is 30.6 Å². The number of ether oxygens (including phenoxy) is 2. The highest BCUT2D eigenvalue weighted by Gasteiger charge is 2.33. The largest absolute Gasteiger partial charge is 0.463 e. The lowest BCUT2D eigenvalue weighted by atomic mass is 9.92. The molecule has 0 bridgehead atoms. The van der Waals surface area contributed by atoms with Crippen molar-refractivity contribution in [3.63, 3.8) is 0 Å². The summed E-state index contributed by atoms with van der Waals surface area (Å²) in [6.07, 6.45) is 8.30. The van der Waals surface area contributed by atoms with Crippen molar-refractivity contribution >= 4 is 5.97 Å². The van der Waals surface area contributed by atoms with E-state index in [1.165, 1.54) is 38.5 Å². The third-order valence-electron chi connectivity index (χ3n) is 5.85. The van der Waals surface area contributed by atoms with E-state index in [-0.39, 0.29) is 12.6 Å². The molecule has 5 nitrogen and oxygen atoms in total. The summed E-state index contributed by atoms with van der Waals surface area (Å²) in [5.41, 5.74) is 0. The van der Waals surface area contributed by atoms with E-state index in [0.717, 1.165) is 24.7 Å². The minimum Gasteiger partial charge on any atom is -0.463 e. The molecule has 1 heterocycles. The van der Waals surface area contributed by atoms with Crippen LogP contribution >= 0.6 is 0 Å². The molecule has 1 fully saturated rings. The molecule has 0 saturated carbocycles. The Hall–Kier alpha value is -0.650. The first-order chi connectivity index (χ1) is 13.3. The van der Waals surface area contributed by atoms with Crippen LogP contribution < -0.4 is 0 Å². The van der Waals surface area contributed by atoms with Crippen LogP contribution in [0.25, 0.3) is 0 Å². The lowest BCUT2D eigenvalue weighted by Crippen LogP contribution is -2.38. The van der Waals surface area contributed by atoms with Crippen LogP contribution in [0.4, 0.5) is 0 Å². The number of hydrogen-bond acceptors (Lipinski definition) is 5. The van der Waals surface area contributed by atoms with Crippen LogP contribution in [0.3, 0.4) is 0 Å². The number of aliphatic hydroxyl groups is 2. The van der Waals surface area contributed by atoms with Gasteiger partial charge in [-0.3, -0.25) is 4.79 Å². The van der Waals surface area contributed by atoms with Crippen molar-refractivity contribution in [1.29, 1.82) is 0 Å². The van der Waals surface area contributed by atoms with Crippen LogP contribution in [-0.4, -0.2) is 47.7 Å². The molecule has 0 aromatic carbocycles.